The Morgan fingerprint density at radius 3 is 2.95 bits per heavy atom. The number of aromatic nitrogens is 2. The van der Waals surface area contributed by atoms with Gasteiger partial charge in [0.2, 0.25) is 0 Å². The highest BCUT2D eigenvalue weighted by atomic mass is 16.5. The van der Waals surface area contributed by atoms with Crippen LogP contribution in [0.3, 0.4) is 0 Å². The van der Waals surface area contributed by atoms with E-state index in [9.17, 15) is 4.79 Å². The van der Waals surface area contributed by atoms with Crippen LogP contribution >= 0.6 is 0 Å². The fraction of sp³-hybridized carbons (Fsp3) is 0.500. The summed E-state index contributed by atoms with van der Waals surface area (Å²) < 4.78 is 8.26. The van der Waals surface area contributed by atoms with Crippen molar-refractivity contribution in [2.45, 2.75) is 50.9 Å². The first-order valence-corrected chi connectivity index (χ1v) is 7.57. The van der Waals surface area contributed by atoms with Crippen molar-refractivity contribution in [3.63, 3.8) is 0 Å². The molecule has 110 valence electrons. The summed E-state index contributed by atoms with van der Waals surface area (Å²) >= 11 is 0. The molecular weight excluding hydrogens is 268 g/mol. The van der Waals surface area contributed by atoms with Crippen molar-refractivity contribution in [3.8, 4) is 0 Å². The Balaban J connectivity index is 1.85. The molecule has 0 saturated carbocycles. The van der Waals surface area contributed by atoms with Gasteiger partial charge in [0.15, 0.2) is 0 Å². The van der Waals surface area contributed by atoms with E-state index < -0.39 is 5.97 Å². The van der Waals surface area contributed by atoms with Crippen molar-refractivity contribution in [2.24, 2.45) is 0 Å². The maximum absolute atomic E-state index is 11.1. The lowest BCUT2D eigenvalue weighted by Gasteiger charge is -2.23. The number of carboxylic acid groups (broad SMARTS) is 1. The van der Waals surface area contributed by atoms with Crippen molar-refractivity contribution in [2.75, 3.05) is 0 Å². The molecule has 0 spiro atoms. The van der Waals surface area contributed by atoms with E-state index in [0.29, 0.717) is 17.7 Å². The molecule has 2 aliphatic rings. The third-order valence-corrected chi connectivity index (χ3v) is 4.73. The third-order valence-electron chi connectivity index (χ3n) is 4.73. The first-order chi connectivity index (χ1) is 10.2. The Labute approximate surface area is 122 Å². The van der Waals surface area contributed by atoms with Crippen molar-refractivity contribution < 1.29 is 14.6 Å². The number of hydrogen-bond donors (Lipinski definition) is 1. The van der Waals surface area contributed by atoms with Crippen LogP contribution in [0.1, 0.15) is 48.4 Å². The number of rotatable bonds is 3. The first kappa shape index (κ1) is 12.8. The minimum atomic E-state index is -0.909. The van der Waals surface area contributed by atoms with Gasteiger partial charge in [-0.05, 0) is 37.5 Å². The Bertz CT molecular complexity index is 722. The number of ether oxygens (including phenoxy) is 1. The molecule has 21 heavy (non-hydrogen) atoms. The highest BCUT2D eigenvalue weighted by Gasteiger charge is 2.42. The van der Waals surface area contributed by atoms with Gasteiger partial charge in [0.25, 0.3) is 0 Å². The lowest BCUT2D eigenvalue weighted by atomic mass is 9.95. The second kappa shape index (κ2) is 4.56. The zero-order chi connectivity index (χ0) is 14.6. The van der Waals surface area contributed by atoms with Gasteiger partial charge in [-0.1, -0.05) is 6.92 Å². The van der Waals surface area contributed by atoms with Crippen LogP contribution in [0.5, 0.6) is 0 Å². The van der Waals surface area contributed by atoms with E-state index in [0.717, 1.165) is 36.1 Å². The summed E-state index contributed by atoms with van der Waals surface area (Å²) in [6.07, 6.45) is 4.84. The molecule has 1 N–H and O–H groups in total. The van der Waals surface area contributed by atoms with Gasteiger partial charge in [-0.15, -0.1) is 0 Å². The highest BCUT2D eigenvalue weighted by Crippen LogP contribution is 2.43. The average Bonchev–Trinajstić information content (AvgIpc) is 3.18. The Hall–Kier alpha value is -1.88. The SMILES string of the molecule is CCc1nc2cc(C(=O)O)ccc2n1C1CC2CCC1O2. The van der Waals surface area contributed by atoms with Gasteiger partial charge in [-0.25, -0.2) is 9.78 Å². The summed E-state index contributed by atoms with van der Waals surface area (Å²) in [7, 11) is 0. The monoisotopic (exact) mass is 286 g/mol. The van der Waals surface area contributed by atoms with Gasteiger partial charge >= 0.3 is 5.97 Å². The number of hydrogen-bond acceptors (Lipinski definition) is 3. The van der Waals surface area contributed by atoms with E-state index >= 15 is 0 Å². The molecule has 2 bridgehead atoms. The minimum absolute atomic E-state index is 0.289. The Kier molecular flexibility index (Phi) is 2.79. The van der Waals surface area contributed by atoms with Crippen molar-refractivity contribution in [1.29, 1.82) is 0 Å². The molecular formula is C16H18N2O3. The molecule has 1 aromatic carbocycles. The maximum Gasteiger partial charge on any atom is 0.335 e. The number of fused-ring (bicyclic) bond motifs is 3. The summed E-state index contributed by atoms with van der Waals surface area (Å²) in [4.78, 5) is 15.8. The molecule has 0 amide bonds. The number of imidazole rings is 1. The van der Waals surface area contributed by atoms with Crippen LogP contribution < -0.4 is 0 Å². The molecule has 5 nitrogen and oxygen atoms in total. The van der Waals surface area contributed by atoms with E-state index in [1.807, 2.05) is 6.07 Å². The molecule has 2 fully saturated rings. The van der Waals surface area contributed by atoms with E-state index in [-0.39, 0.29) is 6.10 Å². The molecule has 3 unspecified atom stereocenters. The highest BCUT2D eigenvalue weighted by molar-refractivity contribution is 5.92. The molecule has 3 heterocycles. The standard InChI is InChI=1S/C16H18N2O3/c1-2-15-17-11-7-9(16(19)20)3-5-12(11)18(15)13-8-10-4-6-14(13)21-10/h3,5,7,10,13-14H,2,4,6,8H2,1H3,(H,19,20). The number of carboxylic acids is 1. The molecule has 1 aromatic heterocycles. The fourth-order valence-corrected chi connectivity index (χ4v) is 3.78. The van der Waals surface area contributed by atoms with Crippen LogP contribution in [0.4, 0.5) is 0 Å². The Morgan fingerprint density at radius 1 is 1.48 bits per heavy atom. The smallest absolute Gasteiger partial charge is 0.335 e. The van der Waals surface area contributed by atoms with Gasteiger partial charge < -0.3 is 14.4 Å². The quantitative estimate of drug-likeness (QED) is 0.942. The fourth-order valence-electron chi connectivity index (χ4n) is 3.78. The van der Waals surface area contributed by atoms with Crippen LogP contribution in [0.15, 0.2) is 18.2 Å². The van der Waals surface area contributed by atoms with Gasteiger partial charge in [0, 0.05) is 6.42 Å². The largest absolute Gasteiger partial charge is 0.478 e. The molecule has 2 aromatic rings. The van der Waals surface area contributed by atoms with Crippen LogP contribution in [0, 0.1) is 0 Å². The van der Waals surface area contributed by atoms with E-state index in [2.05, 4.69) is 16.5 Å². The summed E-state index contributed by atoms with van der Waals surface area (Å²) in [5.41, 5.74) is 2.09. The number of carbonyl (C=O) groups is 1. The Morgan fingerprint density at radius 2 is 2.33 bits per heavy atom. The molecule has 3 atom stereocenters. The van der Waals surface area contributed by atoms with Crippen LogP contribution in [0.2, 0.25) is 0 Å². The average molecular weight is 286 g/mol. The normalized spacial score (nSPS) is 27.6. The summed E-state index contributed by atoms with van der Waals surface area (Å²) in [6.45, 7) is 2.09. The van der Waals surface area contributed by atoms with Gasteiger partial charge in [-0.2, -0.15) is 0 Å². The maximum atomic E-state index is 11.1. The van der Waals surface area contributed by atoms with Crippen molar-refractivity contribution >= 4 is 17.0 Å². The topological polar surface area (TPSA) is 64.3 Å². The third kappa shape index (κ3) is 1.87. The van der Waals surface area contributed by atoms with E-state index in [4.69, 9.17) is 9.84 Å². The number of aromatic carboxylic acids is 1. The molecule has 2 saturated heterocycles. The molecule has 2 aliphatic heterocycles. The molecule has 4 rings (SSSR count). The minimum Gasteiger partial charge on any atom is -0.478 e. The van der Waals surface area contributed by atoms with Gasteiger partial charge in [0.1, 0.15) is 5.82 Å². The zero-order valence-corrected chi connectivity index (χ0v) is 12.0. The predicted octanol–water partition coefficient (Wildman–Crippen LogP) is 2.79. The van der Waals surface area contributed by atoms with Crippen LogP contribution in [0.25, 0.3) is 11.0 Å². The first-order valence-electron chi connectivity index (χ1n) is 7.57. The second-order valence-corrected chi connectivity index (χ2v) is 5.94. The van der Waals surface area contributed by atoms with Crippen LogP contribution in [-0.2, 0) is 11.2 Å². The second-order valence-electron chi connectivity index (χ2n) is 5.94. The number of benzene rings is 1. The van der Waals surface area contributed by atoms with Crippen molar-refractivity contribution in [3.05, 3.63) is 29.6 Å². The summed E-state index contributed by atoms with van der Waals surface area (Å²) in [5, 5.41) is 9.12. The lowest BCUT2D eigenvalue weighted by molar-refractivity contribution is 0.0697. The van der Waals surface area contributed by atoms with Gasteiger partial charge in [0.05, 0.1) is 34.8 Å². The zero-order valence-electron chi connectivity index (χ0n) is 12.0. The van der Waals surface area contributed by atoms with E-state index in [1.165, 1.54) is 6.42 Å². The van der Waals surface area contributed by atoms with Crippen LogP contribution in [-0.4, -0.2) is 32.8 Å². The van der Waals surface area contributed by atoms with Gasteiger partial charge in [-0.3, -0.25) is 0 Å². The lowest BCUT2D eigenvalue weighted by Crippen LogP contribution is -2.22. The molecule has 5 heteroatoms. The van der Waals surface area contributed by atoms with E-state index in [1.54, 1.807) is 12.1 Å². The molecule has 0 aliphatic carbocycles. The summed E-state index contributed by atoms with van der Waals surface area (Å²) in [6, 6.07) is 5.56. The number of nitrogens with zero attached hydrogens (tertiary/aromatic N) is 2. The summed E-state index contributed by atoms with van der Waals surface area (Å²) in [5.74, 6) is 0.112. The van der Waals surface area contributed by atoms with Crippen molar-refractivity contribution in [1.82, 2.24) is 9.55 Å². The molecule has 0 radical (unpaired) electrons. The number of aryl methyl sites for hydroxylation is 1. The predicted molar refractivity (Wildman–Crippen MR) is 77.6 cm³/mol.